The second-order valence-corrected chi connectivity index (χ2v) is 10.3. The highest BCUT2D eigenvalue weighted by Crippen LogP contribution is 2.42. The molecule has 0 unspecified atom stereocenters. The standard InChI is InChI=1S/C21H18ClF3N2O4S2/c1-2-13-10-18(31-17-6-3-12(9-16(17)22)21(23,24)25)15-5-4-14(11-19(15)30-13)33(28,29)27-20-26-7-8-32-20/h3-9,11,13,18H,2,10H2,1H3,(H,26,27)/t13-,18-/m1/s1. The van der Waals surface area contributed by atoms with Crippen LogP contribution in [0, 0.1) is 0 Å². The van der Waals surface area contributed by atoms with Crippen LogP contribution in [0.4, 0.5) is 18.3 Å². The number of hydrogen-bond acceptors (Lipinski definition) is 6. The van der Waals surface area contributed by atoms with E-state index in [0.717, 1.165) is 23.5 Å². The maximum Gasteiger partial charge on any atom is 0.416 e. The van der Waals surface area contributed by atoms with E-state index in [4.69, 9.17) is 21.1 Å². The van der Waals surface area contributed by atoms with Gasteiger partial charge in [-0.15, -0.1) is 11.3 Å². The van der Waals surface area contributed by atoms with Crippen LogP contribution in [0.25, 0.3) is 0 Å². The smallest absolute Gasteiger partial charge is 0.416 e. The van der Waals surface area contributed by atoms with Gasteiger partial charge in [0, 0.05) is 29.6 Å². The molecule has 1 aromatic heterocycles. The van der Waals surface area contributed by atoms with Gasteiger partial charge in [0.15, 0.2) is 5.13 Å². The van der Waals surface area contributed by atoms with Crippen molar-refractivity contribution in [2.24, 2.45) is 0 Å². The van der Waals surface area contributed by atoms with Crippen LogP contribution in [0.1, 0.15) is 37.0 Å². The molecule has 33 heavy (non-hydrogen) atoms. The van der Waals surface area contributed by atoms with Crippen LogP contribution in [-0.4, -0.2) is 19.5 Å². The third-order valence-electron chi connectivity index (χ3n) is 5.05. The molecule has 4 rings (SSSR count). The molecule has 0 saturated carbocycles. The normalized spacial score (nSPS) is 18.3. The summed E-state index contributed by atoms with van der Waals surface area (Å²) in [5, 5.41) is 1.71. The molecule has 2 aromatic carbocycles. The number of alkyl halides is 3. The zero-order chi connectivity index (χ0) is 23.8. The van der Waals surface area contributed by atoms with Crippen molar-refractivity contribution in [1.29, 1.82) is 0 Å². The summed E-state index contributed by atoms with van der Waals surface area (Å²) < 4.78 is 78.6. The monoisotopic (exact) mass is 518 g/mol. The van der Waals surface area contributed by atoms with Gasteiger partial charge in [-0.3, -0.25) is 4.72 Å². The number of ether oxygens (including phenoxy) is 2. The first-order chi connectivity index (χ1) is 15.6. The van der Waals surface area contributed by atoms with E-state index in [9.17, 15) is 21.6 Å². The second kappa shape index (κ2) is 9.03. The first-order valence-electron chi connectivity index (χ1n) is 9.83. The number of benzene rings is 2. The lowest BCUT2D eigenvalue weighted by Crippen LogP contribution is -2.28. The van der Waals surface area contributed by atoms with Gasteiger partial charge in [0.05, 0.1) is 15.5 Å². The maximum atomic E-state index is 12.9. The van der Waals surface area contributed by atoms with E-state index >= 15 is 0 Å². The molecule has 0 spiro atoms. The Labute approximate surface area is 197 Å². The molecule has 1 aliphatic rings. The van der Waals surface area contributed by atoms with Crippen molar-refractivity contribution in [3.8, 4) is 11.5 Å². The topological polar surface area (TPSA) is 77.5 Å². The molecule has 3 aromatic rings. The van der Waals surface area contributed by atoms with E-state index in [1.807, 2.05) is 6.92 Å². The van der Waals surface area contributed by atoms with Gasteiger partial charge in [-0.2, -0.15) is 13.2 Å². The van der Waals surface area contributed by atoms with Crippen molar-refractivity contribution in [2.45, 2.75) is 43.0 Å². The van der Waals surface area contributed by atoms with E-state index < -0.39 is 27.9 Å². The van der Waals surface area contributed by atoms with Crippen LogP contribution >= 0.6 is 22.9 Å². The Morgan fingerprint density at radius 2 is 2.06 bits per heavy atom. The van der Waals surface area contributed by atoms with Crippen molar-refractivity contribution in [3.63, 3.8) is 0 Å². The molecule has 176 valence electrons. The van der Waals surface area contributed by atoms with Crippen LogP contribution in [-0.2, 0) is 16.2 Å². The van der Waals surface area contributed by atoms with Crippen LogP contribution in [0.15, 0.2) is 52.9 Å². The second-order valence-electron chi connectivity index (χ2n) is 7.28. The van der Waals surface area contributed by atoms with Crippen LogP contribution < -0.4 is 14.2 Å². The average molecular weight is 519 g/mol. The van der Waals surface area contributed by atoms with Gasteiger partial charge in [0.25, 0.3) is 10.0 Å². The fourth-order valence-electron chi connectivity index (χ4n) is 3.38. The Morgan fingerprint density at radius 3 is 2.70 bits per heavy atom. The molecule has 0 amide bonds. The predicted molar refractivity (Wildman–Crippen MR) is 119 cm³/mol. The molecule has 2 atom stereocenters. The summed E-state index contributed by atoms with van der Waals surface area (Å²) in [6.45, 7) is 1.91. The van der Waals surface area contributed by atoms with E-state index in [2.05, 4.69) is 9.71 Å². The Kier molecular flexibility index (Phi) is 6.47. The highest BCUT2D eigenvalue weighted by molar-refractivity contribution is 7.93. The lowest BCUT2D eigenvalue weighted by atomic mass is 9.97. The number of thiazole rings is 1. The highest BCUT2D eigenvalue weighted by Gasteiger charge is 2.33. The summed E-state index contributed by atoms with van der Waals surface area (Å²) in [6, 6.07) is 7.28. The number of anilines is 1. The Morgan fingerprint density at radius 1 is 1.27 bits per heavy atom. The Hall–Kier alpha value is -2.50. The molecular weight excluding hydrogens is 501 g/mol. The van der Waals surface area contributed by atoms with Gasteiger partial charge in [0.2, 0.25) is 0 Å². The molecule has 12 heteroatoms. The van der Waals surface area contributed by atoms with Crippen molar-refractivity contribution >= 4 is 38.1 Å². The first kappa shape index (κ1) is 23.7. The van der Waals surface area contributed by atoms with E-state index in [0.29, 0.717) is 24.2 Å². The lowest BCUT2D eigenvalue weighted by molar-refractivity contribution is -0.137. The predicted octanol–water partition coefficient (Wildman–Crippen LogP) is 6.30. The molecule has 6 nitrogen and oxygen atoms in total. The number of nitrogens with zero attached hydrogens (tertiary/aromatic N) is 1. The summed E-state index contributed by atoms with van der Waals surface area (Å²) in [7, 11) is -3.89. The van der Waals surface area contributed by atoms with Crippen molar-refractivity contribution in [3.05, 3.63) is 64.1 Å². The van der Waals surface area contributed by atoms with Crippen molar-refractivity contribution < 1.29 is 31.1 Å². The number of sulfonamides is 1. The minimum atomic E-state index is -4.52. The van der Waals surface area contributed by atoms with E-state index in [1.54, 1.807) is 11.4 Å². The van der Waals surface area contributed by atoms with Gasteiger partial charge >= 0.3 is 6.18 Å². The van der Waals surface area contributed by atoms with Gasteiger partial charge in [-0.1, -0.05) is 24.6 Å². The number of halogens is 4. The number of hydrogen-bond donors (Lipinski definition) is 1. The quantitative estimate of drug-likeness (QED) is 0.414. The highest BCUT2D eigenvalue weighted by atomic mass is 35.5. The molecule has 0 aliphatic carbocycles. The SMILES string of the molecule is CC[C@@H]1C[C@@H](Oc2ccc(C(F)(F)F)cc2Cl)c2ccc(S(=O)(=O)Nc3nccs3)cc2O1. The van der Waals surface area contributed by atoms with Crippen LogP contribution in [0.2, 0.25) is 5.02 Å². The molecule has 1 N–H and O–H groups in total. The lowest BCUT2D eigenvalue weighted by Gasteiger charge is -2.32. The van der Waals surface area contributed by atoms with Gasteiger partial charge < -0.3 is 9.47 Å². The number of aromatic nitrogens is 1. The summed E-state index contributed by atoms with van der Waals surface area (Å²) in [5.41, 5.74) is -0.301. The van der Waals surface area contributed by atoms with Crippen molar-refractivity contribution in [2.75, 3.05) is 4.72 Å². The number of rotatable bonds is 6. The number of nitrogens with one attached hydrogen (secondary N) is 1. The third kappa shape index (κ3) is 5.20. The van der Waals surface area contributed by atoms with E-state index in [1.165, 1.54) is 24.4 Å². The fourth-order valence-corrected chi connectivity index (χ4v) is 5.41. The van der Waals surface area contributed by atoms with Gasteiger partial charge in [0.1, 0.15) is 23.7 Å². The molecule has 0 saturated heterocycles. The maximum absolute atomic E-state index is 12.9. The third-order valence-corrected chi connectivity index (χ3v) is 7.50. The molecule has 2 heterocycles. The molecular formula is C21H18ClF3N2O4S2. The van der Waals surface area contributed by atoms with Crippen molar-refractivity contribution in [1.82, 2.24) is 4.98 Å². The van der Waals surface area contributed by atoms with Crippen LogP contribution in [0.3, 0.4) is 0 Å². The summed E-state index contributed by atoms with van der Waals surface area (Å²) in [5.74, 6) is 0.419. The Balaban J connectivity index is 1.63. The zero-order valence-corrected chi connectivity index (χ0v) is 19.5. The largest absolute Gasteiger partial charge is 0.490 e. The average Bonchev–Trinajstić information content (AvgIpc) is 3.26. The summed E-state index contributed by atoms with van der Waals surface area (Å²) >= 11 is 7.20. The van der Waals surface area contributed by atoms with Gasteiger partial charge in [-0.25, -0.2) is 13.4 Å². The molecule has 0 radical (unpaired) electrons. The van der Waals surface area contributed by atoms with E-state index in [-0.39, 0.29) is 26.9 Å². The van der Waals surface area contributed by atoms with Crippen LogP contribution in [0.5, 0.6) is 11.5 Å². The first-order valence-corrected chi connectivity index (χ1v) is 12.6. The Bertz CT molecular complexity index is 1250. The zero-order valence-electron chi connectivity index (χ0n) is 17.1. The molecule has 0 fully saturated rings. The molecule has 0 bridgehead atoms. The summed E-state index contributed by atoms with van der Waals surface area (Å²) in [4.78, 5) is 3.91. The summed E-state index contributed by atoms with van der Waals surface area (Å²) in [6.07, 6.45) is -2.86. The minimum absolute atomic E-state index is 0.0143. The fraction of sp³-hybridized carbons (Fsp3) is 0.286. The van der Waals surface area contributed by atoms with Gasteiger partial charge in [-0.05, 0) is 30.7 Å². The number of fused-ring (bicyclic) bond motifs is 1. The molecule has 1 aliphatic heterocycles. The minimum Gasteiger partial charge on any atom is -0.490 e.